The number of imidazole rings is 1. The normalized spacial score (nSPS) is 11.5. The standard InChI is InChI=1S/C22H22N6O3/c1-14-7-9-15(10-8-14)13-28-18-19(26(2)22(31)27(3)20(18)30)24-21(28)25-23-12-16-5-4-6-17(29)11-16/h4-12,29H,13H2,1-3H3,(H,24,25)/b23-12-. The quantitative estimate of drug-likeness (QED) is 0.381. The molecule has 2 aromatic heterocycles. The number of rotatable bonds is 5. The minimum atomic E-state index is -0.452. The van der Waals surface area contributed by atoms with Crippen LogP contribution in [0.1, 0.15) is 16.7 Å². The minimum Gasteiger partial charge on any atom is -0.508 e. The van der Waals surface area contributed by atoms with E-state index in [-0.39, 0.29) is 11.4 Å². The number of hydrogen-bond donors (Lipinski definition) is 2. The molecule has 158 valence electrons. The zero-order chi connectivity index (χ0) is 22.1. The van der Waals surface area contributed by atoms with Gasteiger partial charge in [0, 0.05) is 14.1 Å². The minimum absolute atomic E-state index is 0.133. The summed E-state index contributed by atoms with van der Waals surface area (Å²) in [7, 11) is 3.02. The molecule has 0 saturated carbocycles. The number of hydrazone groups is 1. The van der Waals surface area contributed by atoms with Crippen molar-refractivity contribution in [2.24, 2.45) is 19.2 Å². The molecule has 0 aliphatic carbocycles. The Morgan fingerprint density at radius 2 is 1.84 bits per heavy atom. The fraction of sp³-hybridized carbons (Fsp3) is 0.182. The Bertz CT molecular complexity index is 1410. The van der Waals surface area contributed by atoms with Crippen molar-refractivity contribution in [2.75, 3.05) is 5.43 Å². The number of benzene rings is 2. The number of aromatic nitrogens is 4. The van der Waals surface area contributed by atoms with E-state index in [1.165, 1.54) is 17.8 Å². The summed E-state index contributed by atoms with van der Waals surface area (Å²) < 4.78 is 4.11. The lowest BCUT2D eigenvalue weighted by Crippen LogP contribution is -2.37. The van der Waals surface area contributed by atoms with Crippen molar-refractivity contribution >= 4 is 23.3 Å². The summed E-state index contributed by atoms with van der Waals surface area (Å²) in [5, 5.41) is 13.8. The molecule has 0 radical (unpaired) electrons. The molecule has 2 heterocycles. The highest BCUT2D eigenvalue weighted by Gasteiger charge is 2.19. The van der Waals surface area contributed by atoms with Gasteiger partial charge in [0.2, 0.25) is 5.95 Å². The van der Waals surface area contributed by atoms with Gasteiger partial charge in [0.25, 0.3) is 5.56 Å². The first-order valence-corrected chi connectivity index (χ1v) is 9.65. The molecule has 0 saturated heterocycles. The van der Waals surface area contributed by atoms with E-state index in [0.717, 1.165) is 15.7 Å². The Hall–Kier alpha value is -4.14. The van der Waals surface area contributed by atoms with Gasteiger partial charge in [0.05, 0.1) is 12.8 Å². The predicted molar refractivity (Wildman–Crippen MR) is 120 cm³/mol. The highest BCUT2D eigenvalue weighted by molar-refractivity contribution is 5.81. The van der Waals surface area contributed by atoms with Crippen molar-refractivity contribution in [1.82, 2.24) is 18.7 Å². The molecule has 4 rings (SSSR count). The molecular formula is C22H22N6O3. The van der Waals surface area contributed by atoms with Crippen molar-refractivity contribution in [2.45, 2.75) is 13.5 Å². The highest BCUT2D eigenvalue weighted by Crippen LogP contribution is 2.18. The van der Waals surface area contributed by atoms with Crippen LogP contribution < -0.4 is 16.7 Å². The van der Waals surface area contributed by atoms with E-state index in [0.29, 0.717) is 23.6 Å². The molecule has 0 bridgehead atoms. The maximum absolute atomic E-state index is 12.9. The average molecular weight is 418 g/mol. The van der Waals surface area contributed by atoms with Gasteiger partial charge in [-0.1, -0.05) is 42.0 Å². The van der Waals surface area contributed by atoms with Crippen molar-refractivity contribution in [3.63, 3.8) is 0 Å². The van der Waals surface area contributed by atoms with E-state index < -0.39 is 11.2 Å². The van der Waals surface area contributed by atoms with Crippen LogP contribution in [0.25, 0.3) is 11.2 Å². The fourth-order valence-corrected chi connectivity index (χ4v) is 3.33. The molecule has 4 aromatic rings. The second-order valence-corrected chi connectivity index (χ2v) is 7.35. The Balaban J connectivity index is 1.82. The van der Waals surface area contributed by atoms with Gasteiger partial charge in [0.1, 0.15) is 5.75 Å². The van der Waals surface area contributed by atoms with Crippen LogP contribution in [0.2, 0.25) is 0 Å². The molecule has 2 aromatic carbocycles. The number of phenolic OH excluding ortho intramolecular Hbond substituents is 1. The summed E-state index contributed by atoms with van der Waals surface area (Å²) in [6, 6.07) is 14.6. The van der Waals surface area contributed by atoms with Crippen molar-refractivity contribution in [3.8, 4) is 5.75 Å². The molecule has 0 aliphatic rings. The number of phenols is 1. The number of aromatic hydroxyl groups is 1. The lowest BCUT2D eigenvalue weighted by atomic mass is 10.1. The SMILES string of the molecule is Cc1ccc(Cn2c(N/N=C\c3cccc(O)c3)nc3c2c(=O)n(C)c(=O)n3C)cc1. The second kappa shape index (κ2) is 7.94. The second-order valence-electron chi connectivity index (χ2n) is 7.35. The first-order chi connectivity index (χ1) is 14.8. The summed E-state index contributed by atoms with van der Waals surface area (Å²) in [4.78, 5) is 29.7. The first kappa shape index (κ1) is 20.1. The zero-order valence-corrected chi connectivity index (χ0v) is 17.4. The Morgan fingerprint density at radius 3 is 2.55 bits per heavy atom. The maximum Gasteiger partial charge on any atom is 0.332 e. The Morgan fingerprint density at radius 1 is 1.10 bits per heavy atom. The van der Waals surface area contributed by atoms with Crippen LogP contribution >= 0.6 is 0 Å². The predicted octanol–water partition coefficient (Wildman–Crippen LogP) is 1.94. The maximum atomic E-state index is 12.9. The van der Waals surface area contributed by atoms with E-state index >= 15 is 0 Å². The van der Waals surface area contributed by atoms with E-state index in [4.69, 9.17) is 0 Å². The molecular weight excluding hydrogens is 396 g/mol. The summed E-state index contributed by atoms with van der Waals surface area (Å²) in [6.45, 7) is 2.37. The molecule has 0 atom stereocenters. The molecule has 31 heavy (non-hydrogen) atoms. The third kappa shape index (κ3) is 3.85. The topological polar surface area (TPSA) is 106 Å². The fourth-order valence-electron chi connectivity index (χ4n) is 3.33. The zero-order valence-electron chi connectivity index (χ0n) is 17.4. The molecule has 0 amide bonds. The molecule has 9 heteroatoms. The van der Waals surface area contributed by atoms with Crippen LogP contribution in [0, 0.1) is 6.92 Å². The van der Waals surface area contributed by atoms with Crippen molar-refractivity contribution < 1.29 is 5.11 Å². The smallest absolute Gasteiger partial charge is 0.332 e. The lowest BCUT2D eigenvalue weighted by molar-refractivity contribution is 0.475. The van der Waals surface area contributed by atoms with Gasteiger partial charge in [-0.3, -0.25) is 18.5 Å². The Kier molecular flexibility index (Phi) is 5.16. The molecule has 0 fully saturated rings. The van der Waals surface area contributed by atoms with Crippen molar-refractivity contribution in [3.05, 3.63) is 86.1 Å². The monoisotopic (exact) mass is 418 g/mol. The summed E-state index contributed by atoms with van der Waals surface area (Å²) in [5.41, 5.74) is 5.37. The van der Waals surface area contributed by atoms with Gasteiger partial charge in [-0.25, -0.2) is 10.2 Å². The van der Waals surface area contributed by atoms with Crippen LogP contribution in [0.3, 0.4) is 0 Å². The molecule has 9 nitrogen and oxygen atoms in total. The number of anilines is 1. The van der Waals surface area contributed by atoms with E-state index in [9.17, 15) is 14.7 Å². The van der Waals surface area contributed by atoms with Crippen molar-refractivity contribution in [1.29, 1.82) is 0 Å². The number of nitrogens with one attached hydrogen (secondary N) is 1. The van der Waals surface area contributed by atoms with Gasteiger partial charge >= 0.3 is 5.69 Å². The van der Waals surface area contributed by atoms with Gasteiger partial charge in [-0.2, -0.15) is 10.1 Å². The van der Waals surface area contributed by atoms with Gasteiger partial charge < -0.3 is 5.11 Å². The van der Waals surface area contributed by atoms with Crippen LogP contribution in [0.15, 0.2) is 63.2 Å². The van der Waals surface area contributed by atoms with Crippen LogP contribution in [0.4, 0.5) is 5.95 Å². The Labute approximate surface area is 177 Å². The third-order valence-corrected chi connectivity index (χ3v) is 5.06. The lowest BCUT2D eigenvalue weighted by Gasteiger charge is -2.09. The summed E-state index contributed by atoms with van der Waals surface area (Å²) in [6.07, 6.45) is 1.53. The van der Waals surface area contributed by atoms with Gasteiger partial charge in [-0.05, 0) is 30.2 Å². The molecule has 0 unspecified atom stereocenters. The number of aryl methyl sites for hydroxylation is 2. The van der Waals surface area contributed by atoms with Crippen LogP contribution in [-0.2, 0) is 20.6 Å². The van der Waals surface area contributed by atoms with Crippen LogP contribution in [-0.4, -0.2) is 30.0 Å². The average Bonchev–Trinajstić information content (AvgIpc) is 3.11. The molecule has 0 spiro atoms. The summed E-state index contributed by atoms with van der Waals surface area (Å²) >= 11 is 0. The van der Waals surface area contributed by atoms with E-state index in [1.54, 1.807) is 35.9 Å². The third-order valence-electron chi connectivity index (χ3n) is 5.06. The van der Waals surface area contributed by atoms with E-state index in [1.807, 2.05) is 31.2 Å². The van der Waals surface area contributed by atoms with Gasteiger partial charge in [0.15, 0.2) is 11.2 Å². The van der Waals surface area contributed by atoms with Crippen LogP contribution in [0.5, 0.6) is 5.75 Å². The van der Waals surface area contributed by atoms with Gasteiger partial charge in [-0.15, -0.1) is 0 Å². The molecule has 0 aliphatic heterocycles. The highest BCUT2D eigenvalue weighted by atomic mass is 16.3. The molecule has 2 N–H and O–H groups in total. The largest absolute Gasteiger partial charge is 0.508 e. The number of hydrogen-bond acceptors (Lipinski definition) is 6. The van der Waals surface area contributed by atoms with E-state index in [2.05, 4.69) is 15.5 Å². The number of nitrogens with zero attached hydrogens (tertiary/aromatic N) is 5. The summed E-state index contributed by atoms with van der Waals surface area (Å²) in [5.74, 6) is 0.458. The first-order valence-electron chi connectivity index (χ1n) is 9.65. The number of fused-ring (bicyclic) bond motifs is 1.